The molecular weight excluding hydrogens is 380 g/mol. The minimum atomic E-state index is -0.906. The summed E-state index contributed by atoms with van der Waals surface area (Å²) < 4.78 is 4.83. The molecule has 0 aliphatic rings. The Hall–Kier alpha value is -4.39. The van der Waals surface area contributed by atoms with Gasteiger partial charge in [-0.25, -0.2) is 0 Å². The summed E-state index contributed by atoms with van der Waals surface area (Å²) in [6, 6.07) is 10.0. The highest BCUT2D eigenvalue weighted by Gasteiger charge is 2.15. The smallest absolute Gasteiger partial charge is 0.266 e. The second kappa shape index (κ2) is 9.01. The fourth-order valence-corrected chi connectivity index (χ4v) is 2.33. The number of nitro benzene ring substituents is 1. The summed E-state index contributed by atoms with van der Waals surface area (Å²) in [5, 5.41) is 37.2. The van der Waals surface area contributed by atoms with E-state index in [0.29, 0.717) is 11.4 Å². The molecule has 0 radical (unpaired) electrons. The van der Waals surface area contributed by atoms with Crippen molar-refractivity contribution in [2.75, 3.05) is 17.7 Å². The fourth-order valence-electron chi connectivity index (χ4n) is 2.33. The summed E-state index contributed by atoms with van der Waals surface area (Å²) >= 11 is 0. The maximum atomic E-state index is 12.4. The highest BCUT2D eigenvalue weighted by molar-refractivity contribution is 6.09. The quantitative estimate of drug-likeness (QED) is 0.328. The lowest BCUT2D eigenvalue weighted by Gasteiger charge is -2.13. The third-order valence-corrected chi connectivity index (χ3v) is 3.61. The van der Waals surface area contributed by atoms with Gasteiger partial charge in [0.1, 0.15) is 17.4 Å². The van der Waals surface area contributed by atoms with Crippen molar-refractivity contribution in [3.8, 4) is 17.6 Å². The zero-order valence-electron chi connectivity index (χ0n) is 15.4. The first-order valence-corrected chi connectivity index (χ1v) is 8.09. The lowest BCUT2D eigenvalue weighted by atomic mass is 10.1. The van der Waals surface area contributed by atoms with E-state index in [9.17, 15) is 30.1 Å². The van der Waals surface area contributed by atoms with E-state index in [4.69, 9.17) is 4.74 Å². The van der Waals surface area contributed by atoms with Crippen molar-refractivity contribution in [3.05, 3.63) is 57.6 Å². The van der Waals surface area contributed by atoms with E-state index in [2.05, 4.69) is 10.6 Å². The number of hydrogen-bond acceptors (Lipinski definition) is 7. The van der Waals surface area contributed by atoms with Gasteiger partial charge in [0, 0.05) is 30.1 Å². The van der Waals surface area contributed by atoms with Gasteiger partial charge < -0.3 is 20.5 Å². The third-order valence-electron chi connectivity index (χ3n) is 3.61. The van der Waals surface area contributed by atoms with Crippen molar-refractivity contribution in [2.24, 2.45) is 0 Å². The summed E-state index contributed by atoms with van der Waals surface area (Å²) in [6.07, 6.45) is 1.11. The van der Waals surface area contributed by atoms with Crippen molar-refractivity contribution in [1.29, 1.82) is 5.26 Å². The van der Waals surface area contributed by atoms with E-state index in [1.54, 1.807) is 18.2 Å². The average Bonchev–Trinajstić information content (AvgIpc) is 2.67. The van der Waals surface area contributed by atoms with Crippen LogP contribution in [-0.4, -0.2) is 23.8 Å². The van der Waals surface area contributed by atoms with Crippen molar-refractivity contribution >= 4 is 35.0 Å². The minimum Gasteiger partial charge on any atom is -0.865 e. The first-order valence-electron chi connectivity index (χ1n) is 8.09. The summed E-state index contributed by atoms with van der Waals surface area (Å²) in [5.74, 6) is -2.19. The summed E-state index contributed by atoms with van der Waals surface area (Å²) in [5.41, 5.74) is -0.0963. The van der Waals surface area contributed by atoms with Gasteiger partial charge in [-0.3, -0.25) is 19.7 Å². The lowest BCUT2D eigenvalue weighted by molar-refractivity contribution is -0.398. The second-order valence-electron chi connectivity index (χ2n) is 5.71. The second-order valence-corrected chi connectivity index (χ2v) is 5.71. The van der Waals surface area contributed by atoms with Crippen LogP contribution in [0, 0.1) is 21.4 Å². The standard InChI is InChI=1S/C19H16N4O6/c1-11(24)21-14-3-5-15(6-4-14)22-19(26)13(10-20)7-12-8-16(23(27)28)18(25)17(9-12)29-2/h3-9,25H,1-2H3,(H,21,24)(H,22,26)/p-1/b13-7+. The first kappa shape index (κ1) is 20.9. The van der Waals surface area contributed by atoms with Gasteiger partial charge in [-0.2, -0.15) is 5.26 Å². The molecule has 10 nitrogen and oxygen atoms in total. The van der Waals surface area contributed by atoms with Gasteiger partial charge in [0.05, 0.1) is 12.0 Å². The zero-order chi connectivity index (χ0) is 21.6. The van der Waals surface area contributed by atoms with Gasteiger partial charge in [0.15, 0.2) is 0 Å². The Morgan fingerprint density at radius 2 is 1.76 bits per heavy atom. The maximum Gasteiger partial charge on any atom is 0.266 e. The molecule has 2 aromatic carbocycles. The average molecular weight is 395 g/mol. The SMILES string of the molecule is COc1cc(/C=C(\C#N)C(=O)Nc2ccc(NC(C)=O)cc2)cc([N+](=O)[O-])c1[O-]. The zero-order valence-corrected chi connectivity index (χ0v) is 15.4. The van der Waals surface area contributed by atoms with Gasteiger partial charge in [0.25, 0.3) is 11.6 Å². The summed E-state index contributed by atoms with van der Waals surface area (Å²) in [6.45, 7) is 1.36. The molecule has 0 saturated carbocycles. The van der Waals surface area contributed by atoms with E-state index in [1.165, 1.54) is 32.2 Å². The minimum absolute atomic E-state index is 0.0841. The van der Waals surface area contributed by atoms with Crippen LogP contribution in [-0.2, 0) is 9.59 Å². The Morgan fingerprint density at radius 1 is 1.17 bits per heavy atom. The topological polar surface area (TPSA) is 157 Å². The number of carbonyl (C=O) groups is 2. The molecule has 10 heteroatoms. The molecule has 0 aliphatic heterocycles. The van der Waals surface area contributed by atoms with Crippen LogP contribution in [0.15, 0.2) is 42.0 Å². The number of rotatable bonds is 6. The molecular formula is C19H15N4O6-. The lowest BCUT2D eigenvalue weighted by Crippen LogP contribution is -2.13. The van der Waals surface area contributed by atoms with Crippen LogP contribution in [0.25, 0.3) is 6.08 Å². The largest absolute Gasteiger partial charge is 0.865 e. The Kier molecular flexibility index (Phi) is 6.50. The molecule has 2 rings (SSSR count). The Morgan fingerprint density at radius 3 is 2.24 bits per heavy atom. The number of ether oxygens (including phenoxy) is 1. The van der Waals surface area contributed by atoms with Crippen LogP contribution in [0.5, 0.6) is 11.5 Å². The van der Waals surface area contributed by atoms with Crippen LogP contribution < -0.4 is 20.5 Å². The molecule has 0 atom stereocenters. The van der Waals surface area contributed by atoms with Crippen LogP contribution in [0.4, 0.5) is 17.1 Å². The number of nitrogens with one attached hydrogen (secondary N) is 2. The maximum absolute atomic E-state index is 12.4. The van der Waals surface area contributed by atoms with Crippen molar-refractivity contribution < 1.29 is 24.4 Å². The predicted molar refractivity (Wildman–Crippen MR) is 102 cm³/mol. The van der Waals surface area contributed by atoms with Crippen molar-refractivity contribution in [1.82, 2.24) is 0 Å². The summed E-state index contributed by atoms with van der Waals surface area (Å²) in [7, 11) is 1.18. The molecule has 2 aromatic rings. The normalized spacial score (nSPS) is 10.6. The molecule has 0 heterocycles. The van der Waals surface area contributed by atoms with Gasteiger partial charge in [-0.05, 0) is 42.0 Å². The number of anilines is 2. The molecule has 0 spiro atoms. The Balaban J connectivity index is 2.28. The first-order chi connectivity index (χ1) is 13.7. The van der Waals surface area contributed by atoms with Gasteiger partial charge >= 0.3 is 0 Å². The van der Waals surface area contributed by atoms with Crippen LogP contribution in [0.3, 0.4) is 0 Å². The van der Waals surface area contributed by atoms with Crippen LogP contribution in [0.1, 0.15) is 12.5 Å². The highest BCUT2D eigenvalue weighted by Crippen LogP contribution is 2.35. The van der Waals surface area contributed by atoms with Gasteiger partial charge in [0.2, 0.25) is 5.91 Å². The van der Waals surface area contributed by atoms with E-state index >= 15 is 0 Å². The number of amides is 2. The molecule has 0 unspecified atom stereocenters. The number of nitrogens with zero attached hydrogens (tertiary/aromatic N) is 2. The molecule has 0 fully saturated rings. The van der Waals surface area contributed by atoms with Crippen LogP contribution in [0.2, 0.25) is 0 Å². The van der Waals surface area contributed by atoms with E-state index in [0.717, 1.165) is 12.1 Å². The molecule has 0 saturated heterocycles. The molecule has 29 heavy (non-hydrogen) atoms. The van der Waals surface area contributed by atoms with E-state index in [1.807, 2.05) is 0 Å². The molecule has 2 N–H and O–H groups in total. The Bertz CT molecular complexity index is 1040. The number of methoxy groups -OCH3 is 1. The van der Waals surface area contributed by atoms with Crippen LogP contribution >= 0.6 is 0 Å². The predicted octanol–water partition coefficient (Wildman–Crippen LogP) is 2.18. The molecule has 0 bridgehead atoms. The fraction of sp³-hybridized carbons (Fsp3) is 0.105. The summed E-state index contributed by atoms with van der Waals surface area (Å²) in [4.78, 5) is 33.5. The molecule has 0 aliphatic carbocycles. The van der Waals surface area contributed by atoms with Gasteiger partial charge in [-0.15, -0.1) is 0 Å². The van der Waals surface area contributed by atoms with E-state index in [-0.39, 0.29) is 22.8 Å². The Labute approximate surface area is 165 Å². The number of carbonyl (C=O) groups excluding carboxylic acids is 2. The number of benzene rings is 2. The van der Waals surface area contributed by atoms with Crippen molar-refractivity contribution in [2.45, 2.75) is 6.92 Å². The molecule has 0 aromatic heterocycles. The third kappa shape index (κ3) is 5.30. The van der Waals surface area contributed by atoms with E-state index < -0.39 is 22.3 Å². The number of hydrogen-bond donors (Lipinski definition) is 2. The number of nitriles is 1. The van der Waals surface area contributed by atoms with Gasteiger partial charge in [-0.1, -0.05) is 0 Å². The highest BCUT2D eigenvalue weighted by atomic mass is 16.6. The van der Waals surface area contributed by atoms with Crippen molar-refractivity contribution in [3.63, 3.8) is 0 Å². The molecule has 148 valence electrons. The molecule has 2 amide bonds. The monoisotopic (exact) mass is 395 g/mol. The number of nitro groups is 1.